The number of anilines is 1. The molecule has 0 saturated carbocycles. The van der Waals surface area contributed by atoms with Crippen molar-refractivity contribution in [3.63, 3.8) is 0 Å². The summed E-state index contributed by atoms with van der Waals surface area (Å²) < 4.78 is 1.21. The number of hydrogen-bond acceptors (Lipinski definition) is 6. The fraction of sp³-hybridized carbons (Fsp3) is 0.150. The molecule has 0 unspecified atom stereocenters. The number of aromatic nitrogens is 4. The summed E-state index contributed by atoms with van der Waals surface area (Å²) in [5.41, 5.74) is 3.28. The molecule has 0 spiro atoms. The molecule has 0 radical (unpaired) electrons. The first kappa shape index (κ1) is 18.0. The molecule has 0 atom stereocenters. The molecule has 2 aromatic heterocycles. The predicted molar refractivity (Wildman–Crippen MR) is 109 cm³/mol. The van der Waals surface area contributed by atoms with Crippen molar-refractivity contribution in [1.29, 1.82) is 0 Å². The van der Waals surface area contributed by atoms with Crippen molar-refractivity contribution < 1.29 is 4.79 Å². The lowest BCUT2D eigenvalue weighted by atomic mass is 10.1. The van der Waals surface area contributed by atoms with E-state index in [0.717, 1.165) is 16.8 Å². The minimum absolute atomic E-state index is 0.103. The summed E-state index contributed by atoms with van der Waals surface area (Å²) in [7, 11) is 0. The first-order chi connectivity index (χ1) is 13.6. The quantitative estimate of drug-likeness (QED) is 0.564. The normalized spacial score (nSPS) is 10.9. The number of amides is 1. The largest absolute Gasteiger partial charge is 0.302 e. The van der Waals surface area contributed by atoms with Gasteiger partial charge in [-0.05, 0) is 24.6 Å². The van der Waals surface area contributed by atoms with E-state index in [1.807, 2.05) is 36.6 Å². The predicted octanol–water partition coefficient (Wildman–Crippen LogP) is 3.25. The molecule has 140 valence electrons. The minimum Gasteiger partial charge on any atom is -0.302 e. The monoisotopic (exact) mass is 391 g/mol. The smallest absolute Gasteiger partial charge is 0.277 e. The standard InChI is InChI=1S/C20H17N5O2S/c1-13-6-2-3-7-14(13)17-12-28-20(21-17)22-18(26)10-11-25-19(27)15-8-4-5-9-16(15)23-24-25/h2-9,12H,10-11H2,1H3,(H,21,22,26). The number of hydrogen-bond donors (Lipinski definition) is 1. The van der Waals surface area contributed by atoms with Crippen LogP contribution in [-0.2, 0) is 11.3 Å². The Labute approximate surface area is 164 Å². The second-order valence-electron chi connectivity index (χ2n) is 6.29. The molecular weight excluding hydrogens is 374 g/mol. The zero-order valence-electron chi connectivity index (χ0n) is 15.1. The maximum absolute atomic E-state index is 12.4. The summed E-state index contributed by atoms with van der Waals surface area (Å²) in [5, 5.41) is 13.6. The van der Waals surface area contributed by atoms with Crippen LogP contribution in [0.2, 0.25) is 0 Å². The van der Waals surface area contributed by atoms with E-state index in [1.54, 1.807) is 24.3 Å². The first-order valence-electron chi connectivity index (χ1n) is 8.76. The van der Waals surface area contributed by atoms with E-state index in [-0.39, 0.29) is 24.4 Å². The van der Waals surface area contributed by atoms with Crippen LogP contribution in [-0.4, -0.2) is 25.9 Å². The Hall–Kier alpha value is -3.39. The maximum atomic E-state index is 12.4. The minimum atomic E-state index is -0.255. The summed E-state index contributed by atoms with van der Waals surface area (Å²) in [5.74, 6) is -0.229. The van der Waals surface area contributed by atoms with Crippen molar-refractivity contribution in [2.24, 2.45) is 0 Å². The molecule has 1 amide bonds. The van der Waals surface area contributed by atoms with Crippen molar-refractivity contribution in [2.45, 2.75) is 19.9 Å². The van der Waals surface area contributed by atoms with Crippen LogP contribution in [0.5, 0.6) is 0 Å². The summed E-state index contributed by atoms with van der Waals surface area (Å²) in [6.07, 6.45) is 0.103. The van der Waals surface area contributed by atoms with E-state index >= 15 is 0 Å². The molecule has 0 aliphatic carbocycles. The van der Waals surface area contributed by atoms with Gasteiger partial charge in [-0.1, -0.05) is 41.6 Å². The maximum Gasteiger partial charge on any atom is 0.277 e. The van der Waals surface area contributed by atoms with E-state index in [0.29, 0.717) is 16.0 Å². The number of nitrogens with one attached hydrogen (secondary N) is 1. The first-order valence-corrected chi connectivity index (χ1v) is 9.64. The number of benzene rings is 2. The highest BCUT2D eigenvalue weighted by atomic mass is 32.1. The number of thiazole rings is 1. The van der Waals surface area contributed by atoms with E-state index in [4.69, 9.17) is 0 Å². The van der Waals surface area contributed by atoms with Gasteiger partial charge in [0.1, 0.15) is 5.52 Å². The fourth-order valence-electron chi connectivity index (χ4n) is 2.87. The Morgan fingerprint density at radius 3 is 2.79 bits per heavy atom. The molecule has 0 fully saturated rings. The van der Waals surface area contributed by atoms with Gasteiger partial charge in [0.25, 0.3) is 5.56 Å². The van der Waals surface area contributed by atoms with Gasteiger partial charge in [-0.2, -0.15) is 0 Å². The van der Waals surface area contributed by atoms with Gasteiger partial charge in [-0.15, -0.1) is 16.4 Å². The van der Waals surface area contributed by atoms with Crippen LogP contribution < -0.4 is 10.9 Å². The van der Waals surface area contributed by atoms with Gasteiger partial charge in [-0.25, -0.2) is 9.67 Å². The molecule has 2 aromatic carbocycles. The number of carbonyl (C=O) groups excluding carboxylic acids is 1. The van der Waals surface area contributed by atoms with Gasteiger partial charge >= 0.3 is 0 Å². The van der Waals surface area contributed by atoms with Crippen molar-refractivity contribution >= 4 is 33.3 Å². The third kappa shape index (κ3) is 3.67. The summed E-state index contributed by atoms with van der Waals surface area (Å²) in [6.45, 7) is 2.17. The lowest BCUT2D eigenvalue weighted by molar-refractivity contribution is -0.116. The number of aryl methyl sites for hydroxylation is 2. The summed E-state index contributed by atoms with van der Waals surface area (Å²) in [6, 6.07) is 15.0. The number of rotatable bonds is 5. The molecule has 2 heterocycles. The van der Waals surface area contributed by atoms with Gasteiger partial charge in [0.2, 0.25) is 5.91 Å². The average Bonchev–Trinajstić information content (AvgIpc) is 3.16. The Bertz CT molecular complexity index is 1210. The van der Waals surface area contributed by atoms with Crippen molar-refractivity contribution in [3.05, 3.63) is 69.8 Å². The third-order valence-electron chi connectivity index (χ3n) is 4.35. The molecule has 0 saturated heterocycles. The van der Waals surface area contributed by atoms with Crippen LogP contribution in [0, 0.1) is 6.92 Å². The van der Waals surface area contributed by atoms with E-state index in [1.165, 1.54) is 16.0 Å². The van der Waals surface area contributed by atoms with Crippen LogP contribution >= 0.6 is 11.3 Å². The molecule has 0 aliphatic rings. The van der Waals surface area contributed by atoms with Gasteiger partial charge < -0.3 is 5.32 Å². The average molecular weight is 391 g/mol. The lowest BCUT2D eigenvalue weighted by Gasteiger charge is -2.05. The van der Waals surface area contributed by atoms with Gasteiger partial charge in [-0.3, -0.25) is 9.59 Å². The molecule has 0 aliphatic heterocycles. The SMILES string of the molecule is Cc1ccccc1-c1csc(NC(=O)CCn2nnc3ccccc3c2=O)n1. The highest BCUT2D eigenvalue weighted by molar-refractivity contribution is 7.14. The Morgan fingerprint density at radius 2 is 1.93 bits per heavy atom. The Morgan fingerprint density at radius 1 is 1.14 bits per heavy atom. The lowest BCUT2D eigenvalue weighted by Crippen LogP contribution is -2.26. The molecule has 1 N–H and O–H groups in total. The van der Waals surface area contributed by atoms with E-state index in [9.17, 15) is 9.59 Å². The number of fused-ring (bicyclic) bond motifs is 1. The van der Waals surface area contributed by atoms with Gasteiger partial charge in [0.05, 0.1) is 17.6 Å². The van der Waals surface area contributed by atoms with Crippen LogP contribution in [0.15, 0.2) is 58.7 Å². The molecule has 4 rings (SSSR count). The van der Waals surface area contributed by atoms with E-state index < -0.39 is 0 Å². The molecule has 8 heteroatoms. The van der Waals surface area contributed by atoms with Crippen molar-refractivity contribution in [1.82, 2.24) is 20.0 Å². The third-order valence-corrected chi connectivity index (χ3v) is 5.11. The molecule has 7 nitrogen and oxygen atoms in total. The highest BCUT2D eigenvalue weighted by Crippen LogP contribution is 2.27. The number of carbonyl (C=O) groups is 1. The van der Waals surface area contributed by atoms with Crippen LogP contribution in [0.1, 0.15) is 12.0 Å². The zero-order valence-corrected chi connectivity index (χ0v) is 15.9. The number of nitrogens with zero attached hydrogens (tertiary/aromatic N) is 4. The Kier molecular flexibility index (Phi) is 4.94. The summed E-state index contributed by atoms with van der Waals surface area (Å²) in [4.78, 5) is 29.2. The highest BCUT2D eigenvalue weighted by Gasteiger charge is 2.11. The Balaban J connectivity index is 1.42. The summed E-state index contributed by atoms with van der Waals surface area (Å²) >= 11 is 1.37. The zero-order chi connectivity index (χ0) is 19.5. The van der Waals surface area contributed by atoms with Crippen LogP contribution in [0.25, 0.3) is 22.2 Å². The molecule has 0 bridgehead atoms. The molecule has 28 heavy (non-hydrogen) atoms. The molecule has 4 aromatic rings. The van der Waals surface area contributed by atoms with Crippen LogP contribution in [0.3, 0.4) is 0 Å². The second kappa shape index (κ2) is 7.69. The van der Waals surface area contributed by atoms with Gasteiger partial charge in [0.15, 0.2) is 5.13 Å². The topological polar surface area (TPSA) is 89.8 Å². The molecular formula is C20H17N5O2S. The van der Waals surface area contributed by atoms with Crippen molar-refractivity contribution in [3.8, 4) is 11.3 Å². The fourth-order valence-corrected chi connectivity index (χ4v) is 3.60. The van der Waals surface area contributed by atoms with E-state index in [2.05, 4.69) is 20.6 Å². The second-order valence-corrected chi connectivity index (χ2v) is 7.14. The van der Waals surface area contributed by atoms with Gasteiger partial charge in [0, 0.05) is 17.4 Å². The van der Waals surface area contributed by atoms with Crippen LogP contribution in [0.4, 0.5) is 5.13 Å². The van der Waals surface area contributed by atoms with Crippen molar-refractivity contribution in [2.75, 3.05) is 5.32 Å².